The van der Waals surface area contributed by atoms with Gasteiger partial charge in [-0.3, -0.25) is 4.79 Å². The third kappa shape index (κ3) is 3.10. The molecule has 6 nitrogen and oxygen atoms in total. The fraction of sp³-hybridized carbons (Fsp3) is 0.300. The number of anilines is 1. The van der Waals surface area contributed by atoms with Gasteiger partial charge >= 0.3 is 0 Å². The maximum atomic E-state index is 12.8. The first-order valence-electron chi connectivity index (χ1n) is 8.92. The highest BCUT2D eigenvalue weighted by Crippen LogP contribution is 2.28. The molecule has 1 aliphatic heterocycles. The van der Waals surface area contributed by atoms with Gasteiger partial charge in [0.15, 0.2) is 5.82 Å². The fourth-order valence-electron chi connectivity index (χ4n) is 3.62. The number of benzene rings is 2. The highest BCUT2D eigenvalue weighted by atomic mass is 16.3. The Morgan fingerprint density at radius 2 is 1.92 bits per heavy atom. The van der Waals surface area contributed by atoms with E-state index in [1.807, 2.05) is 11.0 Å². The molecular weight excluding hydrogens is 328 g/mol. The van der Waals surface area contributed by atoms with Gasteiger partial charge in [0.1, 0.15) is 17.0 Å². The number of rotatable bonds is 3. The first-order chi connectivity index (χ1) is 12.6. The molecule has 4 N–H and O–H groups in total. The number of aromatic amines is 1. The zero-order valence-corrected chi connectivity index (χ0v) is 14.5. The third-order valence-corrected chi connectivity index (χ3v) is 5.14. The molecule has 3 aromatic rings. The van der Waals surface area contributed by atoms with Gasteiger partial charge in [-0.1, -0.05) is 30.3 Å². The molecule has 0 bridgehead atoms. The summed E-state index contributed by atoms with van der Waals surface area (Å²) in [4.78, 5) is 21.9. The Balaban J connectivity index is 1.43. The molecule has 2 heterocycles. The molecule has 134 valence electrons. The number of aromatic nitrogens is 2. The molecule has 6 heteroatoms. The van der Waals surface area contributed by atoms with Crippen LogP contribution < -0.4 is 5.73 Å². The van der Waals surface area contributed by atoms with E-state index in [2.05, 4.69) is 34.2 Å². The summed E-state index contributed by atoms with van der Waals surface area (Å²) in [5, 5.41) is 9.69. The second-order valence-electron chi connectivity index (χ2n) is 6.91. The molecule has 0 radical (unpaired) electrons. The lowest BCUT2D eigenvalue weighted by Crippen LogP contribution is -2.39. The van der Waals surface area contributed by atoms with E-state index in [0.717, 1.165) is 32.4 Å². The maximum Gasteiger partial charge on any atom is 0.289 e. The number of hydrogen-bond acceptors (Lipinski definition) is 4. The van der Waals surface area contributed by atoms with Crippen molar-refractivity contribution in [3.8, 4) is 5.75 Å². The number of carbonyl (C=O) groups excluding carboxylic acids is 1. The largest absolute Gasteiger partial charge is 0.506 e. The summed E-state index contributed by atoms with van der Waals surface area (Å²) in [6, 6.07) is 13.7. The first-order valence-corrected chi connectivity index (χ1v) is 8.92. The molecule has 0 atom stereocenters. The molecule has 1 amide bonds. The van der Waals surface area contributed by atoms with Crippen molar-refractivity contribution in [2.75, 3.05) is 18.8 Å². The van der Waals surface area contributed by atoms with Crippen molar-refractivity contribution >= 4 is 22.6 Å². The Labute approximate surface area is 151 Å². The number of nitrogens with one attached hydrogen (secondary N) is 1. The van der Waals surface area contributed by atoms with E-state index in [1.165, 1.54) is 11.6 Å². The Bertz CT molecular complexity index is 928. The molecular formula is C20H22N4O2. The van der Waals surface area contributed by atoms with Crippen LogP contribution in [0.1, 0.15) is 29.0 Å². The zero-order valence-electron chi connectivity index (χ0n) is 14.5. The van der Waals surface area contributed by atoms with Crippen molar-refractivity contribution in [2.24, 2.45) is 5.92 Å². The van der Waals surface area contributed by atoms with Gasteiger partial charge in [0, 0.05) is 13.1 Å². The van der Waals surface area contributed by atoms with Crippen molar-refractivity contribution in [1.82, 2.24) is 14.9 Å². The van der Waals surface area contributed by atoms with Crippen molar-refractivity contribution in [3.63, 3.8) is 0 Å². The maximum absolute atomic E-state index is 12.8. The number of phenols is 1. The van der Waals surface area contributed by atoms with Crippen LogP contribution in [0.2, 0.25) is 0 Å². The topological polar surface area (TPSA) is 95.2 Å². The molecule has 1 saturated heterocycles. The summed E-state index contributed by atoms with van der Waals surface area (Å²) in [6.45, 7) is 1.46. The minimum absolute atomic E-state index is 0.0234. The van der Waals surface area contributed by atoms with Gasteiger partial charge in [0.2, 0.25) is 0 Å². The number of likely N-dealkylation sites (tertiary alicyclic amines) is 1. The molecule has 0 aliphatic carbocycles. The number of nitrogen functional groups attached to an aromatic ring is 1. The van der Waals surface area contributed by atoms with Crippen molar-refractivity contribution in [3.05, 3.63) is 53.9 Å². The van der Waals surface area contributed by atoms with Crippen molar-refractivity contribution in [1.29, 1.82) is 0 Å². The van der Waals surface area contributed by atoms with E-state index in [4.69, 9.17) is 5.73 Å². The van der Waals surface area contributed by atoms with Crippen LogP contribution in [0.25, 0.3) is 11.0 Å². The minimum atomic E-state index is -0.113. The number of H-pyrrole nitrogens is 1. The van der Waals surface area contributed by atoms with Gasteiger partial charge in [0.25, 0.3) is 5.91 Å². The van der Waals surface area contributed by atoms with Crippen LogP contribution >= 0.6 is 0 Å². The van der Waals surface area contributed by atoms with E-state index in [1.54, 1.807) is 6.07 Å². The predicted molar refractivity (Wildman–Crippen MR) is 101 cm³/mol. The molecule has 0 unspecified atom stereocenters. The first kappa shape index (κ1) is 16.4. The van der Waals surface area contributed by atoms with Gasteiger partial charge in [-0.15, -0.1) is 0 Å². The van der Waals surface area contributed by atoms with Gasteiger partial charge in [0.05, 0.1) is 5.52 Å². The Morgan fingerprint density at radius 1 is 1.19 bits per heavy atom. The second kappa shape index (κ2) is 6.71. The number of hydrogen-bond donors (Lipinski definition) is 3. The van der Waals surface area contributed by atoms with Gasteiger partial charge in [-0.2, -0.15) is 0 Å². The smallest absolute Gasteiger partial charge is 0.289 e. The van der Waals surface area contributed by atoms with Crippen molar-refractivity contribution < 1.29 is 9.90 Å². The number of piperidine rings is 1. The summed E-state index contributed by atoms with van der Waals surface area (Å²) in [7, 11) is 0. The van der Waals surface area contributed by atoms with E-state index in [-0.39, 0.29) is 23.2 Å². The van der Waals surface area contributed by atoms with Gasteiger partial charge in [-0.25, -0.2) is 4.98 Å². The molecule has 2 aromatic carbocycles. The predicted octanol–water partition coefficient (Wildman–Crippen LogP) is 2.95. The molecule has 1 aromatic heterocycles. The van der Waals surface area contributed by atoms with E-state index < -0.39 is 0 Å². The molecule has 4 rings (SSSR count). The van der Waals surface area contributed by atoms with Crippen LogP contribution in [-0.2, 0) is 6.42 Å². The number of imidazole rings is 1. The SMILES string of the molecule is Nc1c(O)ccc2[nH]c(C(=O)N3CCC(Cc4ccccc4)CC3)nc12. The Morgan fingerprint density at radius 3 is 2.65 bits per heavy atom. The summed E-state index contributed by atoms with van der Waals surface area (Å²) in [6.07, 6.45) is 3.04. The summed E-state index contributed by atoms with van der Waals surface area (Å²) in [5.41, 5.74) is 8.48. The van der Waals surface area contributed by atoms with Crippen LogP contribution in [-0.4, -0.2) is 39.0 Å². The monoisotopic (exact) mass is 350 g/mol. The van der Waals surface area contributed by atoms with Crippen LogP contribution in [0.3, 0.4) is 0 Å². The quantitative estimate of drug-likeness (QED) is 0.500. The summed E-state index contributed by atoms with van der Waals surface area (Å²) in [5.74, 6) is 0.742. The molecule has 0 spiro atoms. The number of aromatic hydroxyl groups is 1. The van der Waals surface area contributed by atoms with Crippen molar-refractivity contribution in [2.45, 2.75) is 19.3 Å². The van der Waals surface area contributed by atoms with Gasteiger partial charge < -0.3 is 20.7 Å². The minimum Gasteiger partial charge on any atom is -0.506 e. The number of nitrogens with two attached hydrogens (primary N) is 1. The Hall–Kier alpha value is -3.02. The second-order valence-corrected chi connectivity index (χ2v) is 6.91. The lowest BCUT2D eigenvalue weighted by molar-refractivity contribution is 0.0679. The normalized spacial score (nSPS) is 15.5. The Kier molecular flexibility index (Phi) is 4.24. The van der Waals surface area contributed by atoms with Crippen LogP contribution in [0.4, 0.5) is 5.69 Å². The van der Waals surface area contributed by atoms with Crippen LogP contribution in [0.5, 0.6) is 5.75 Å². The molecule has 1 fully saturated rings. The zero-order chi connectivity index (χ0) is 18.1. The molecule has 26 heavy (non-hydrogen) atoms. The van der Waals surface area contributed by atoms with Crippen LogP contribution in [0, 0.1) is 5.92 Å². The summed E-state index contributed by atoms with van der Waals surface area (Å²) < 4.78 is 0. The number of phenolic OH excluding ortho intramolecular Hbond substituents is 1. The average molecular weight is 350 g/mol. The average Bonchev–Trinajstić information content (AvgIpc) is 3.11. The highest BCUT2D eigenvalue weighted by molar-refractivity contribution is 5.98. The number of fused-ring (bicyclic) bond motifs is 1. The fourth-order valence-corrected chi connectivity index (χ4v) is 3.62. The van der Waals surface area contributed by atoms with Gasteiger partial charge in [-0.05, 0) is 42.9 Å². The van der Waals surface area contributed by atoms with E-state index in [9.17, 15) is 9.90 Å². The summed E-state index contributed by atoms with van der Waals surface area (Å²) >= 11 is 0. The van der Waals surface area contributed by atoms with Crippen LogP contribution in [0.15, 0.2) is 42.5 Å². The molecule has 1 aliphatic rings. The highest BCUT2D eigenvalue weighted by Gasteiger charge is 2.26. The number of amides is 1. The number of nitrogens with zero attached hydrogens (tertiary/aromatic N) is 2. The lowest BCUT2D eigenvalue weighted by atomic mass is 9.90. The lowest BCUT2D eigenvalue weighted by Gasteiger charge is -2.31. The third-order valence-electron chi connectivity index (χ3n) is 5.14. The van der Waals surface area contributed by atoms with E-state index >= 15 is 0 Å². The number of carbonyl (C=O) groups is 1. The molecule has 0 saturated carbocycles. The van der Waals surface area contributed by atoms with E-state index in [0.29, 0.717) is 17.0 Å². The standard InChI is InChI=1S/C20H22N4O2/c21-17-16(25)7-6-15-18(17)23-19(22-15)20(26)24-10-8-14(9-11-24)12-13-4-2-1-3-5-13/h1-7,14,25H,8-12,21H2,(H,22,23).